The van der Waals surface area contributed by atoms with Gasteiger partial charge in [-0.05, 0) is 138 Å². The van der Waals surface area contributed by atoms with Crippen molar-refractivity contribution in [3.8, 4) is 0 Å². The van der Waals surface area contributed by atoms with Crippen LogP contribution in [0.4, 0.5) is 4.79 Å². The van der Waals surface area contributed by atoms with Crippen LogP contribution >= 0.6 is 0 Å². The molecule has 46 heavy (non-hydrogen) atoms. The first-order valence-corrected chi connectivity index (χ1v) is 17.9. The molecular weight excluding hydrogens is 580 g/mol. The van der Waals surface area contributed by atoms with Crippen molar-refractivity contribution in [1.82, 2.24) is 10.6 Å². The molecule has 5 aliphatic rings. The molecule has 8 atom stereocenters. The van der Waals surface area contributed by atoms with Crippen molar-refractivity contribution in [1.29, 1.82) is 0 Å². The Morgan fingerprint density at radius 2 is 1.57 bits per heavy atom. The number of carbonyl (C=O) groups is 4. The fourth-order valence-corrected chi connectivity index (χ4v) is 11.2. The van der Waals surface area contributed by atoms with Crippen molar-refractivity contribution in [3.05, 3.63) is 11.1 Å². The van der Waals surface area contributed by atoms with Gasteiger partial charge in [0, 0.05) is 18.8 Å². The largest absolute Gasteiger partial charge is 0.462 e. The Balaban J connectivity index is 1.41. The number of hydrogen-bond donors (Lipinski definition) is 2. The molecule has 5 rings (SSSR count). The van der Waals surface area contributed by atoms with Crippen LogP contribution < -0.4 is 10.6 Å². The molecule has 0 radical (unpaired) electrons. The fraction of sp³-hybridized carbons (Fsp3) is 0.842. The van der Waals surface area contributed by atoms with Gasteiger partial charge in [0.1, 0.15) is 17.2 Å². The molecule has 0 heterocycles. The number of alkyl carbamates (subject to hydrolysis) is 1. The number of amides is 2. The van der Waals surface area contributed by atoms with E-state index < -0.39 is 22.8 Å². The molecule has 5 aliphatic carbocycles. The van der Waals surface area contributed by atoms with Gasteiger partial charge in [-0.15, -0.1) is 0 Å². The normalized spacial score (nSPS) is 37.0. The SMILES string of the molecule is CC(=O)OC1CCC2(C)C3CCC4C5=C(C(C)C)C(=O)CC5(NC(=O)C(C)(C)NC(=O)OC(C)(C)C)CCC4C3CCC2C1(C)C. The number of fused-ring (bicyclic) bond motifs is 7. The molecule has 8 unspecified atom stereocenters. The minimum Gasteiger partial charge on any atom is -0.462 e. The van der Waals surface area contributed by atoms with E-state index in [1.807, 2.05) is 0 Å². The molecule has 0 aliphatic heterocycles. The zero-order valence-electron chi connectivity index (χ0n) is 30.4. The maximum absolute atomic E-state index is 14.0. The first-order chi connectivity index (χ1) is 21.1. The van der Waals surface area contributed by atoms with E-state index in [-0.39, 0.29) is 46.4 Å². The standard InChI is InChI=1S/C38H60N2O6/c1-21(2)30-27(42)20-38(39-32(43)36(9,10)40-33(44)46-34(4,5)6)19-16-23-24-13-15-28-35(7,8)29(45-22(3)41)17-18-37(28,11)26(24)14-12-25(23)31(30)38/h21,23-26,28-29H,12-20H2,1-11H3,(H,39,43)(H,40,44). The molecule has 0 saturated heterocycles. The van der Waals surface area contributed by atoms with E-state index >= 15 is 0 Å². The number of esters is 1. The molecule has 2 N–H and O–H groups in total. The molecule has 0 aromatic heterocycles. The van der Waals surface area contributed by atoms with Gasteiger partial charge in [0.05, 0.1) is 5.54 Å². The van der Waals surface area contributed by atoms with Gasteiger partial charge in [0.25, 0.3) is 0 Å². The average Bonchev–Trinajstić information content (AvgIpc) is 3.20. The van der Waals surface area contributed by atoms with Crippen molar-refractivity contribution in [2.24, 2.45) is 46.3 Å². The van der Waals surface area contributed by atoms with E-state index in [4.69, 9.17) is 9.47 Å². The molecule has 0 spiro atoms. The Morgan fingerprint density at radius 3 is 2.17 bits per heavy atom. The Hall–Kier alpha value is -2.38. The van der Waals surface area contributed by atoms with Gasteiger partial charge in [-0.3, -0.25) is 14.4 Å². The van der Waals surface area contributed by atoms with Crippen LogP contribution in [-0.4, -0.2) is 46.5 Å². The van der Waals surface area contributed by atoms with Gasteiger partial charge in [-0.25, -0.2) is 4.79 Å². The minimum absolute atomic E-state index is 0.0350. The van der Waals surface area contributed by atoms with E-state index in [2.05, 4.69) is 45.3 Å². The van der Waals surface area contributed by atoms with Crippen LogP contribution in [0.1, 0.15) is 134 Å². The van der Waals surface area contributed by atoms with Crippen LogP contribution in [0.25, 0.3) is 0 Å². The zero-order valence-corrected chi connectivity index (χ0v) is 30.4. The van der Waals surface area contributed by atoms with Gasteiger partial charge in [-0.2, -0.15) is 0 Å². The number of Topliss-reactive ketones (excluding diaryl/α,β-unsaturated/α-hetero) is 1. The van der Waals surface area contributed by atoms with E-state index in [0.29, 0.717) is 30.1 Å². The molecule has 8 nitrogen and oxygen atoms in total. The van der Waals surface area contributed by atoms with Gasteiger partial charge >= 0.3 is 12.1 Å². The molecule has 0 aromatic carbocycles. The highest BCUT2D eigenvalue weighted by Crippen LogP contribution is 2.68. The van der Waals surface area contributed by atoms with Crippen molar-refractivity contribution in [3.63, 3.8) is 0 Å². The predicted octanol–water partition coefficient (Wildman–Crippen LogP) is 7.29. The average molecular weight is 641 g/mol. The highest BCUT2D eigenvalue weighted by Gasteiger charge is 2.63. The summed E-state index contributed by atoms with van der Waals surface area (Å²) in [5, 5.41) is 6.14. The molecule has 258 valence electrons. The number of ketones is 1. The van der Waals surface area contributed by atoms with E-state index in [1.165, 1.54) is 12.5 Å². The number of rotatable bonds is 5. The lowest BCUT2D eigenvalue weighted by Crippen LogP contribution is -2.64. The van der Waals surface area contributed by atoms with Gasteiger partial charge < -0.3 is 20.1 Å². The quantitative estimate of drug-likeness (QED) is 0.306. The summed E-state index contributed by atoms with van der Waals surface area (Å²) in [4.78, 5) is 52.3. The highest BCUT2D eigenvalue weighted by molar-refractivity contribution is 6.02. The number of carbonyl (C=O) groups excluding carboxylic acids is 4. The summed E-state index contributed by atoms with van der Waals surface area (Å²) in [6.45, 7) is 21.7. The Kier molecular flexibility index (Phi) is 8.85. The third-order valence-corrected chi connectivity index (χ3v) is 12.9. The zero-order chi connectivity index (χ0) is 34.2. The van der Waals surface area contributed by atoms with Crippen molar-refractivity contribution < 1.29 is 28.7 Å². The van der Waals surface area contributed by atoms with Crippen LogP contribution in [-0.2, 0) is 23.9 Å². The molecular formula is C38H60N2O6. The first kappa shape index (κ1) is 34.9. The first-order valence-electron chi connectivity index (χ1n) is 17.9. The van der Waals surface area contributed by atoms with Crippen LogP contribution in [0.5, 0.6) is 0 Å². The molecule has 2 amide bonds. The molecule has 4 saturated carbocycles. The van der Waals surface area contributed by atoms with Crippen LogP contribution in [0.15, 0.2) is 11.1 Å². The summed E-state index contributed by atoms with van der Waals surface area (Å²) in [6.07, 6.45) is 7.77. The summed E-state index contributed by atoms with van der Waals surface area (Å²) < 4.78 is 11.3. The second kappa shape index (κ2) is 11.6. The maximum atomic E-state index is 14.0. The predicted molar refractivity (Wildman–Crippen MR) is 178 cm³/mol. The smallest absolute Gasteiger partial charge is 0.408 e. The number of hydrogen-bond acceptors (Lipinski definition) is 6. The molecule has 4 fully saturated rings. The van der Waals surface area contributed by atoms with Crippen LogP contribution in [0.3, 0.4) is 0 Å². The Bertz CT molecular complexity index is 1310. The number of ether oxygens (including phenoxy) is 2. The van der Waals surface area contributed by atoms with Crippen LogP contribution in [0.2, 0.25) is 0 Å². The Morgan fingerprint density at radius 1 is 0.891 bits per heavy atom. The molecule has 8 heteroatoms. The molecule has 0 aromatic rings. The highest BCUT2D eigenvalue weighted by atomic mass is 16.6. The summed E-state index contributed by atoms with van der Waals surface area (Å²) in [5.41, 5.74) is -0.373. The van der Waals surface area contributed by atoms with Crippen molar-refractivity contribution in [2.75, 3.05) is 0 Å². The lowest BCUT2D eigenvalue weighted by atomic mass is 9.41. The monoisotopic (exact) mass is 640 g/mol. The number of allylic oxidation sites excluding steroid dienone is 1. The van der Waals surface area contributed by atoms with E-state index in [1.54, 1.807) is 34.6 Å². The third-order valence-electron chi connectivity index (χ3n) is 12.9. The summed E-state index contributed by atoms with van der Waals surface area (Å²) >= 11 is 0. The van der Waals surface area contributed by atoms with Gasteiger partial charge in [-0.1, -0.05) is 34.6 Å². The fourth-order valence-electron chi connectivity index (χ4n) is 11.2. The summed E-state index contributed by atoms with van der Waals surface area (Å²) in [5.74, 6) is 2.20. The summed E-state index contributed by atoms with van der Waals surface area (Å²) in [7, 11) is 0. The maximum Gasteiger partial charge on any atom is 0.408 e. The summed E-state index contributed by atoms with van der Waals surface area (Å²) in [6, 6.07) is 0. The van der Waals surface area contributed by atoms with Gasteiger partial charge in [0.15, 0.2) is 5.78 Å². The lowest BCUT2D eigenvalue weighted by Gasteiger charge is -2.65. The van der Waals surface area contributed by atoms with E-state index in [9.17, 15) is 19.2 Å². The molecule has 0 bridgehead atoms. The second-order valence-corrected chi connectivity index (χ2v) is 18.1. The van der Waals surface area contributed by atoms with E-state index in [0.717, 1.165) is 56.9 Å². The third kappa shape index (κ3) is 5.93. The second-order valence-electron chi connectivity index (χ2n) is 18.1. The van der Waals surface area contributed by atoms with Crippen molar-refractivity contribution in [2.45, 2.75) is 157 Å². The van der Waals surface area contributed by atoms with Crippen LogP contribution in [0, 0.1) is 46.3 Å². The van der Waals surface area contributed by atoms with Crippen molar-refractivity contribution >= 4 is 23.8 Å². The Labute approximate surface area is 276 Å². The lowest BCUT2D eigenvalue weighted by molar-refractivity contribution is -0.191. The van der Waals surface area contributed by atoms with Gasteiger partial charge in [0.2, 0.25) is 5.91 Å². The number of nitrogens with one attached hydrogen (secondary N) is 2. The topological polar surface area (TPSA) is 111 Å². The minimum atomic E-state index is -1.22.